The number of nitrogens with zero attached hydrogens (tertiary/aromatic N) is 1. The van der Waals surface area contributed by atoms with E-state index in [-0.39, 0.29) is 29.3 Å². The van der Waals surface area contributed by atoms with E-state index in [1.165, 1.54) is 25.3 Å². The van der Waals surface area contributed by atoms with Crippen LogP contribution in [0.4, 0.5) is 10.1 Å². The summed E-state index contributed by atoms with van der Waals surface area (Å²) in [5.74, 6) is 0.463. The number of nitrogens with two attached hydrogens (primary N) is 1. The van der Waals surface area contributed by atoms with Gasteiger partial charge in [-0.2, -0.15) is 0 Å². The third-order valence-electron chi connectivity index (χ3n) is 5.53. The molecule has 0 radical (unpaired) electrons. The number of nitrogen functional groups attached to an aromatic ring is 1. The van der Waals surface area contributed by atoms with Crippen LogP contribution in [0.15, 0.2) is 36.4 Å². The number of rotatable bonds is 9. The number of ether oxygens (including phenoxy) is 3. The summed E-state index contributed by atoms with van der Waals surface area (Å²) in [4.78, 5) is 15.1. The Morgan fingerprint density at radius 2 is 2.00 bits per heavy atom. The van der Waals surface area contributed by atoms with E-state index in [4.69, 9.17) is 31.5 Å². The fourth-order valence-corrected chi connectivity index (χ4v) is 3.92. The lowest BCUT2D eigenvalue weighted by molar-refractivity contribution is 0.00527. The first kappa shape index (κ1) is 26.7. The van der Waals surface area contributed by atoms with E-state index in [1.807, 2.05) is 0 Å². The Kier molecular flexibility index (Phi) is 10.2. The number of anilines is 1. The van der Waals surface area contributed by atoms with Crippen LogP contribution in [-0.2, 0) is 4.74 Å². The van der Waals surface area contributed by atoms with Crippen molar-refractivity contribution in [3.8, 4) is 11.5 Å². The molecule has 0 spiro atoms. The zero-order chi connectivity index (χ0) is 23.1. The predicted molar refractivity (Wildman–Crippen MR) is 126 cm³/mol. The van der Waals surface area contributed by atoms with Crippen molar-refractivity contribution >= 4 is 23.2 Å². The lowest BCUT2D eigenvalue weighted by Crippen LogP contribution is -2.55. The van der Waals surface area contributed by atoms with Gasteiger partial charge in [0.2, 0.25) is 0 Å². The van der Waals surface area contributed by atoms with E-state index in [1.54, 1.807) is 25.3 Å². The summed E-state index contributed by atoms with van der Waals surface area (Å²) in [7, 11) is 3.13. The van der Waals surface area contributed by atoms with E-state index in [0.29, 0.717) is 40.9 Å². The number of carbonyl (C=O) groups is 1. The van der Waals surface area contributed by atoms with Gasteiger partial charge in [-0.25, -0.2) is 4.39 Å². The van der Waals surface area contributed by atoms with E-state index in [2.05, 4.69) is 10.2 Å². The summed E-state index contributed by atoms with van der Waals surface area (Å²) in [6, 6.07) is 8.92. The average molecular weight is 484 g/mol. The van der Waals surface area contributed by atoms with Crippen molar-refractivity contribution in [3.05, 3.63) is 52.8 Å². The Labute approximate surface area is 198 Å². The zero-order valence-electron chi connectivity index (χ0n) is 18.8. The summed E-state index contributed by atoms with van der Waals surface area (Å²) >= 11 is 6.09. The summed E-state index contributed by atoms with van der Waals surface area (Å²) in [6.45, 7) is 2.89. The first-order valence-electron chi connectivity index (χ1n) is 10.5. The van der Waals surface area contributed by atoms with Crippen LogP contribution in [0.25, 0.3) is 0 Å². The quantitative estimate of drug-likeness (QED) is 0.418. The number of amides is 1. The van der Waals surface area contributed by atoms with Gasteiger partial charge in [0.05, 0.1) is 42.1 Å². The van der Waals surface area contributed by atoms with Crippen molar-refractivity contribution < 1.29 is 28.9 Å². The number of halogens is 2. The lowest BCUT2D eigenvalue weighted by atomic mass is 10.0. The molecule has 2 aromatic rings. The van der Waals surface area contributed by atoms with Crippen LogP contribution in [0.5, 0.6) is 11.5 Å². The molecular weight excluding hydrogens is 453 g/mol. The summed E-state index contributed by atoms with van der Waals surface area (Å²) in [5.41, 5.74) is 6.49. The molecule has 1 heterocycles. The predicted octanol–water partition coefficient (Wildman–Crippen LogP) is 2.53. The second-order valence-electron chi connectivity index (χ2n) is 7.67. The molecule has 0 aromatic heterocycles. The Hall–Kier alpha value is -2.59. The molecule has 0 unspecified atom stereocenters. The molecule has 3 rings (SSSR count). The molecular formula is C23H31ClFN3O5. The molecule has 2 atom stereocenters. The van der Waals surface area contributed by atoms with Crippen molar-refractivity contribution in [3.63, 3.8) is 0 Å². The molecule has 1 saturated heterocycles. The second kappa shape index (κ2) is 12.6. The maximum absolute atomic E-state index is 12.9. The Morgan fingerprint density at radius 1 is 1.27 bits per heavy atom. The van der Waals surface area contributed by atoms with Gasteiger partial charge in [0, 0.05) is 32.8 Å². The number of methoxy groups -OCH3 is 2. The number of hydrogen-bond acceptors (Lipinski definition) is 6. The molecule has 0 aliphatic carbocycles. The topological polar surface area (TPSA) is 118 Å². The Morgan fingerprint density at radius 3 is 2.67 bits per heavy atom. The molecule has 5 N–H and O–H groups in total. The number of benzene rings is 2. The molecule has 33 heavy (non-hydrogen) atoms. The maximum atomic E-state index is 12.9. The fourth-order valence-electron chi connectivity index (χ4n) is 3.76. The van der Waals surface area contributed by atoms with Gasteiger partial charge in [-0.3, -0.25) is 4.79 Å². The summed E-state index contributed by atoms with van der Waals surface area (Å²) < 4.78 is 29.5. The van der Waals surface area contributed by atoms with Gasteiger partial charge in [-0.1, -0.05) is 11.6 Å². The molecule has 2 aromatic carbocycles. The van der Waals surface area contributed by atoms with Crippen LogP contribution in [0.1, 0.15) is 23.2 Å². The number of hydrogen-bond donors (Lipinski definition) is 2. The van der Waals surface area contributed by atoms with Crippen LogP contribution >= 0.6 is 11.6 Å². The molecule has 1 fully saturated rings. The minimum atomic E-state index is -0.282. The van der Waals surface area contributed by atoms with Crippen molar-refractivity contribution in [2.45, 2.75) is 25.0 Å². The largest absolute Gasteiger partial charge is 0.496 e. The first-order chi connectivity index (χ1) is 15.4. The Bertz CT molecular complexity index is 916. The number of carbonyl (C=O) groups excluding carboxylic acids is 1. The molecule has 1 amide bonds. The van der Waals surface area contributed by atoms with E-state index in [0.717, 1.165) is 25.9 Å². The monoisotopic (exact) mass is 483 g/mol. The number of piperidine rings is 1. The summed E-state index contributed by atoms with van der Waals surface area (Å²) in [5, 5.41) is 3.35. The van der Waals surface area contributed by atoms with Crippen molar-refractivity contribution in [2.75, 3.05) is 46.2 Å². The molecule has 0 bridgehead atoms. The molecule has 10 heteroatoms. The van der Waals surface area contributed by atoms with Gasteiger partial charge in [0.15, 0.2) is 0 Å². The smallest absolute Gasteiger partial charge is 0.255 e. The highest BCUT2D eigenvalue weighted by Crippen LogP contribution is 2.29. The van der Waals surface area contributed by atoms with Crippen molar-refractivity contribution in [1.82, 2.24) is 10.2 Å². The van der Waals surface area contributed by atoms with Crippen LogP contribution in [0.3, 0.4) is 0 Å². The first-order valence-corrected chi connectivity index (χ1v) is 10.9. The van der Waals surface area contributed by atoms with Gasteiger partial charge in [0.25, 0.3) is 5.91 Å². The molecule has 1 aliphatic rings. The molecule has 0 saturated carbocycles. The highest BCUT2D eigenvalue weighted by molar-refractivity contribution is 6.33. The number of nitrogens with one attached hydrogen (secondary N) is 1. The molecule has 182 valence electrons. The van der Waals surface area contributed by atoms with E-state index in [9.17, 15) is 9.18 Å². The Balaban J connectivity index is 0.00000385. The second-order valence-corrected chi connectivity index (χ2v) is 8.08. The third kappa shape index (κ3) is 7.20. The van der Waals surface area contributed by atoms with Gasteiger partial charge in [-0.05, 0) is 43.2 Å². The van der Waals surface area contributed by atoms with Gasteiger partial charge in [-0.15, -0.1) is 0 Å². The van der Waals surface area contributed by atoms with Crippen LogP contribution in [-0.4, -0.2) is 68.9 Å². The molecule has 1 aliphatic heterocycles. The van der Waals surface area contributed by atoms with Crippen LogP contribution < -0.4 is 20.5 Å². The van der Waals surface area contributed by atoms with Gasteiger partial charge in [0.1, 0.15) is 17.3 Å². The summed E-state index contributed by atoms with van der Waals surface area (Å²) in [6.07, 6.45) is 1.42. The normalized spacial score (nSPS) is 18.3. The SMILES string of the molecule is COc1cc(N)c(Cl)cc1C(=O)N[C@@H]1CCN(CCCOc2ccc(F)cc2)C[C@@H]1OC.O. The average Bonchev–Trinajstić information content (AvgIpc) is 2.80. The van der Waals surface area contributed by atoms with E-state index < -0.39 is 0 Å². The third-order valence-corrected chi connectivity index (χ3v) is 5.85. The van der Waals surface area contributed by atoms with Crippen LogP contribution in [0, 0.1) is 5.82 Å². The number of likely N-dealkylation sites (tertiary alicyclic amines) is 1. The highest BCUT2D eigenvalue weighted by Gasteiger charge is 2.31. The highest BCUT2D eigenvalue weighted by atomic mass is 35.5. The minimum absolute atomic E-state index is 0. The van der Waals surface area contributed by atoms with Crippen LogP contribution in [0.2, 0.25) is 5.02 Å². The lowest BCUT2D eigenvalue weighted by Gasteiger charge is -2.38. The zero-order valence-corrected chi connectivity index (χ0v) is 19.5. The minimum Gasteiger partial charge on any atom is -0.496 e. The molecule has 8 nitrogen and oxygen atoms in total. The fraction of sp³-hybridized carbons (Fsp3) is 0.435. The van der Waals surface area contributed by atoms with Crippen molar-refractivity contribution in [2.24, 2.45) is 0 Å². The van der Waals surface area contributed by atoms with Gasteiger partial charge >= 0.3 is 0 Å². The van der Waals surface area contributed by atoms with Gasteiger partial charge < -0.3 is 35.6 Å². The standard InChI is InChI=1S/C23H29ClFN3O4.H2O/c1-30-21-13-19(26)18(24)12-17(21)23(29)27-20-8-10-28(14-22(20)31-2)9-3-11-32-16-6-4-15(25)5-7-16;/h4-7,12-13,20,22H,3,8-11,14,26H2,1-2H3,(H,27,29);1H2/t20-,22+;/m1./s1. The van der Waals surface area contributed by atoms with E-state index >= 15 is 0 Å². The van der Waals surface area contributed by atoms with Crippen molar-refractivity contribution in [1.29, 1.82) is 0 Å². The maximum Gasteiger partial charge on any atom is 0.255 e.